The van der Waals surface area contributed by atoms with E-state index in [9.17, 15) is 9.90 Å². The van der Waals surface area contributed by atoms with Gasteiger partial charge >= 0.3 is 5.97 Å². The van der Waals surface area contributed by atoms with E-state index in [-0.39, 0.29) is 12.4 Å². The van der Waals surface area contributed by atoms with E-state index < -0.39 is 5.97 Å². The fourth-order valence-electron chi connectivity index (χ4n) is 3.09. The molecule has 0 atom stereocenters. The summed E-state index contributed by atoms with van der Waals surface area (Å²) in [6.07, 6.45) is 3.40. The number of aliphatic hydroxyl groups excluding tert-OH is 1. The number of aliphatic carboxylic acids is 1. The highest BCUT2D eigenvalue weighted by atomic mass is 32.2. The molecule has 2 aromatic carbocycles. The molecule has 0 aliphatic heterocycles. The van der Waals surface area contributed by atoms with Crippen LogP contribution in [0.15, 0.2) is 58.1 Å². The summed E-state index contributed by atoms with van der Waals surface area (Å²) in [5.74, 6) is 1.18. The van der Waals surface area contributed by atoms with Gasteiger partial charge in [-0.2, -0.15) is 4.98 Å². The van der Waals surface area contributed by atoms with Gasteiger partial charge in [0.1, 0.15) is 11.5 Å². The van der Waals surface area contributed by atoms with E-state index in [1.54, 1.807) is 25.3 Å². The van der Waals surface area contributed by atoms with Gasteiger partial charge in [0.15, 0.2) is 11.6 Å². The fraction of sp³-hybridized carbons (Fsp3) is 0.136. The first-order valence-electron chi connectivity index (χ1n) is 9.34. The zero-order valence-corrected chi connectivity index (χ0v) is 17.3. The molecule has 0 unspecified atom stereocenters. The lowest BCUT2D eigenvalue weighted by Gasteiger charge is -2.05. The van der Waals surface area contributed by atoms with Gasteiger partial charge in [-0.25, -0.2) is 0 Å². The summed E-state index contributed by atoms with van der Waals surface area (Å²) in [5.41, 5.74) is 1.63. The standard InChI is InChI=1S/C22H19N3O5S/c1-29-17-7-6-13-9-16(5-4-14(13)10-17)20-15(3-2-8-26)11-18(30-20)21-23-22(25-24-21)31-12-19(27)28/h2-7,9-11,26H,8,12H2,1H3,(H,27,28)(H,23,24,25)/b3-2+. The van der Waals surface area contributed by atoms with Crippen LogP contribution in [0.4, 0.5) is 0 Å². The van der Waals surface area contributed by atoms with E-state index in [1.807, 2.05) is 36.4 Å². The second kappa shape index (κ2) is 9.07. The number of furan rings is 1. The Morgan fingerprint density at radius 2 is 2.03 bits per heavy atom. The van der Waals surface area contributed by atoms with E-state index in [0.29, 0.717) is 22.5 Å². The highest BCUT2D eigenvalue weighted by Crippen LogP contribution is 2.35. The van der Waals surface area contributed by atoms with Crippen molar-refractivity contribution in [2.75, 3.05) is 19.5 Å². The molecule has 158 valence electrons. The van der Waals surface area contributed by atoms with Crippen LogP contribution in [0, 0.1) is 0 Å². The van der Waals surface area contributed by atoms with Crippen LogP contribution in [-0.4, -0.2) is 50.8 Å². The molecular formula is C22H19N3O5S. The molecule has 8 nitrogen and oxygen atoms in total. The van der Waals surface area contributed by atoms with E-state index in [2.05, 4.69) is 15.2 Å². The van der Waals surface area contributed by atoms with Crippen molar-refractivity contribution in [3.8, 4) is 28.7 Å². The number of nitrogens with one attached hydrogen (secondary N) is 1. The fourth-order valence-corrected chi connectivity index (χ4v) is 3.61. The first kappa shape index (κ1) is 20.7. The van der Waals surface area contributed by atoms with Crippen molar-refractivity contribution in [1.29, 1.82) is 0 Å². The largest absolute Gasteiger partial charge is 0.497 e. The lowest BCUT2D eigenvalue weighted by Crippen LogP contribution is -1.97. The minimum atomic E-state index is -0.943. The van der Waals surface area contributed by atoms with Crippen LogP contribution < -0.4 is 4.74 Å². The normalized spacial score (nSPS) is 11.4. The van der Waals surface area contributed by atoms with Crippen LogP contribution in [0.2, 0.25) is 0 Å². The van der Waals surface area contributed by atoms with E-state index in [4.69, 9.17) is 14.3 Å². The van der Waals surface area contributed by atoms with Crippen LogP contribution in [0.3, 0.4) is 0 Å². The molecular weight excluding hydrogens is 418 g/mol. The number of carbonyl (C=O) groups is 1. The number of carboxylic acids is 1. The van der Waals surface area contributed by atoms with Crippen molar-refractivity contribution in [3.05, 3.63) is 54.1 Å². The van der Waals surface area contributed by atoms with Crippen LogP contribution >= 0.6 is 11.8 Å². The van der Waals surface area contributed by atoms with Crippen molar-refractivity contribution in [1.82, 2.24) is 15.2 Å². The van der Waals surface area contributed by atoms with Crippen molar-refractivity contribution in [2.45, 2.75) is 5.16 Å². The highest BCUT2D eigenvalue weighted by molar-refractivity contribution is 7.99. The third-order valence-electron chi connectivity index (χ3n) is 4.50. The summed E-state index contributed by atoms with van der Waals surface area (Å²) in [6, 6.07) is 13.6. The Kier molecular flexibility index (Phi) is 6.06. The van der Waals surface area contributed by atoms with Crippen LogP contribution in [-0.2, 0) is 4.79 Å². The molecule has 0 saturated carbocycles. The van der Waals surface area contributed by atoms with Gasteiger partial charge < -0.3 is 19.4 Å². The molecule has 2 heterocycles. The number of fused-ring (bicyclic) bond motifs is 1. The second-order valence-electron chi connectivity index (χ2n) is 6.56. The van der Waals surface area contributed by atoms with Crippen molar-refractivity contribution < 1.29 is 24.2 Å². The summed E-state index contributed by atoms with van der Waals surface area (Å²) >= 11 is 1.02. The Labute approximate surface area is 181 Å². The smallest absolute Gasteiger partial charge is 0.313 e. The molecule has 0 bridgehead atoms. The predicted octanol–water partition coefficient (Wildman–Crippen LogP) is 4.08. The number of aliphatic hydroxyl groups is 1. The van der Waals surface area contributed by atoms with E-state index in [1.165, 1.54) is 0 Å². The first-order valence-corrected chi connectivity index (χ1v) is 10.3. The quantitative estimate of drug-likeness (QED) is 0.353. The Bertz CT molecular complexity index is 1260. The van der Waals surface area contributed by atoms with Gasteiger partial charge in [0.25, 0.3) is 0 Å². The Hall–Kier alpha value is -3.56. The number of nitrogens with zero attached hydrogens (tertiary/aromatic N) is 2. The van der Waals surface area contributed by atoms with Crippen LogP contribution in [0.5, 0.6) is 5.75 Å². The summed E-state index contributed by atoms with van der Waals surface area (Å²) < 4.78 is 11.4. The molecule has 0 radical (unpaired) electrons. The Morgan fingerprint density at radius 3 is 2.81 bits per heavy atom. The van der Waals surface area contributed by atoms with Crippen molar-refractivity contribution in [3.63, 3.8) is 0 Å². The molecule has 3 N–H and O–H groups in total. The molecule has 4 rings (SSSR count). The lowest BCUT2D eigenvalue weighted by atomic mass is 10.0. The number of aromatic nitrogens is 3. The zero-order valence-electron chi connectivity index (χ0n) is 16.5. The Balaban J connectivity index is 1.72. The second-order valence-corrected chi connectivity index (χ2v) is 7.50. The number of thioether (sulfide) groups is 1. The van der Waals surface area contributed by atoms with E-state index in [0.717, 1.165) is 39.4 Å². The van der Waals surface area contributed by atoms with Crippen LogP contribution in [0.25, 0.3) is 39.8 Å². The molecule has 0 fully saturated rings. The molecule has 4 aromatic rings. The lowest BCUT2D eigenvalue weighted by molar-refractivity contribution is -0.133. The number of ether oxygens (including phenoxy) is 1. The Morgan fingerprint density at radius 1 is 1.23 bits per heavy atom. The maximum absolute atomic E-state index is 10.7. The van der Waals surface area contributed by atoms with Gasteiger partial charge in [-0.3, -0.25) is 9.89 Å². The van der Waals surface area contributed by atoms with Gasteiger partial charge in [-0.1, -0.05) is 42.1 Å². The maximum Gasteiger partial charge on any atom is 0.313 e. The van der Waals surface area contributed by atoms with Gasteiger partial charge in [-0.05, 0) is 35.0 Å². The minimum absolute atomic E-state index is 0.101. The minimum Gasteiger partial charge on any atom is -0.497 e. The van der Waals surface area contributed by atoms with Crippen molar-refractivity contribution >= 4 is 34.6 Å². The molecule has 0 spiro atoms. The van der Waals surface area contributed by atoms with Gasteiger partial charge in [0.05, 0.1) is 19.5 Å². The molecule has 0 aliphatic carbocycles. The average Bonchev–Trinajstić information content (AvgIpc) is 3.42. The zero-order chi connectivity index (χ0) is 21.8. The van der Waals surface area contributed by atoms with E-state index >= 15 is 0 Å². The average molecular weight is 437 g/mol. The SMILES string of the molecule is COc1ccc2cc(-c3oc(-c4nc(SCC(=O)O)n[nH]4)cc3/C=C/CO)ccc2c1. The number of aromatic amines is 1. The molecule has 0 aliphatic rings. The monoisotopic (exact) mass is 437 g/mol. The molecule has 0 saturated heterocycles. The molecule has 9 heteroatoms. The maximum atomic E-state index is 10.7. The summed E-state index contributed by atoms with van der Waals surface area (Å²) in [6.45, 7) is -0.101. The summed E-state index contributed by atoms with van der Waals surface area (Å²) in [4.78, 5) is 15.0. The number of rotatable bonds is 8. The third kappa shape index (κ3) is 4.62. The predicted molar refractivity (Wildman–Crippen MR) is 118 cm³/mol. The number of benzene rings is 2. The van der Waals surface area contributed by atoms with Gasteiger partial charge in [0.2, 0.25) is 5.16 Å². The third-order valence-corrected chi connectivity index (χ3v) is 5.33. The highest BCUT2D eigenvalue weighted by Gasteiger charge is 2.17. The van der Waals surface area contributed by atoms with Crippen LogP contribution in [0.1, 0.15) is 5.56 Å². The van der Waals surface area contributed by atoms with Gasteiger partial charge in [-0.15, -0.1) is 5.10 Å². The molecule has 0 amide bonds. The number of carboxylic acid groups (broad SMARTS) is 1. The summed E-state index contributed by atoms with van der Waals surface area (Å²) in [7, 11) is 1.63. The van der Waals surface area contributed by atoms with Gasteiger partial charge in [0, 0.05) is 11.1 Å². The number of hydrogen-bond donors (Lipinski definition) is 3. The molecule has 2 aromatic heterocycles. The topological polar surface area (TPSA) is 121 Å². The number of H-pyrrole nitrogens is 1. The number of methoxy groups -OCH3 is 1. The summed E-state index contributed by atoms with van der Waals surface area (Å²) in [5, 5.41) is 27.2. The first-order chi connectivity index (χ1) is 15.1. The molecule has 31 heavy (non-hydrogen) atoms. The van der Waals surface area contributed by atoms with Crippen molar-refractivity contribution in [2.24, 2.45) is 0 Å². The number of hydrogen-bond acceptors (Lipinski definition) is 7.